The maximum Gasteiger partial charge on any atom is 0.265 e. The van der Waals surface area contributed by atoms with Crippen LogP contribution >= 0.6 is 0 Å². The maximum absolute atomic E-state index is 13.0. The van der Waals surface area contributed by atoms with E-state index in [9.17, 15) is 17.6 Å². The lowest BCUT2D eigenvalue weighted by atomic mass is 10.1. The highest BCUT2D eigenvalue weighted by Gasteiger charge is 2.17. The van der Waals surface area contributed by atoms with Gasteiger partial charge in [0, 0.05) is 11.4 Å². The van der Waals surface area contributed by atoms with E-state index in [1.165, 1.54) is 36.4 Å². The predicted molar refractivity (Wildman–Crippen MR) is 118 cm³/mol. The van der Waals surface area contributed by atoms with E-state index < -0.39 is 21.9 Å². The van der Waals surface area contributed by atoms with Crippen LogP contribution in [0.5, 0.6) is 5.75 Å². The van der Waals surface area contributed by atoms with Gasteiger partial charge in [-0.15, -0.1) is 0 Å². The molecule has 3 rings (SSSR count). The molecule has 0 heterocycles. The number of ether oxygens (including phenoxy) is 1. The van der Waals surface area contributed by atoms with E-state index in [-0.39, 0.29) is 16.5 Å². The Kier molecular flexibility index (Phi) is 6.60. The Hall–Kier alpha value is -3.39. The molecular formula is C23H23FN2O4S. The minimum atomic E-state index is -3.85. The van der Waals surface area contributed by atoms with Gasteiger partial charge in [0.05, 0.1) is 4.90 Å². The minimum absolute atomic E-state index is 0.00857. The quantitative estimate of drug-likeness (QED) is 0.558. The SMILES string of the molecule is Cc1ccc(O[C@@H](C)C(=O)Nc2ccc(S(=O)(=O)Nc3ccc(F)cc3)cc2)cc1C. The molecule has 2 N–H and O–H groups in total. The zero-order chi connectivity index (χ0) is 22.6. The first-order valence-corrected chi connectivity index (χ1v) is 11.1. The summed E-state index contributed by atoms with van der Waals surface area (Å²) >= 11 is 0. The molecule has 1 amide bonds. The molecule has 6 nitrogen and oxygen atoms in total. The fraction of sp³-hybridized carbons (Fsp3) is 0.174. The van der Waals surface area contributed by atoms with Crippen molar-refractivity contribution >= 4 is 27.3 Å². The summed E-state index contributed by atoms with van der Waals surface area (Å²) in [5.41, 5.74) is 2.88. The number of rotatable bonds is 7. The van der Waals surface area contributed by atoms with Gasteiger partial charge in [-0.05, 0) is 92.6 Å². The number of carbonyl (C=O) groups excluding carboxylic acids is 1. The van der Waals surface area contributed by atoms with E-state index in [2.05, 4.69) is 10.0 Å². The van der Waals surface area contributed by atoms with Crippen molar-refractivity contribution in [2.24, 2.45) is 0 Å². The molecule has 0 radical (unpaired) electrons. The van der Waals surface area contributed by atoms with Crippen LogP contribution in [0.25, 0.3) is 0 Å². The number of sulfonamides is 1. The van der Waals surface area contributed by atoms with Crippen molar-refractivity contribution in [3.8, 4) is 5.75 Å². The van der Waals surface area contributed by atoms with Gasteiger partial charge < -0.3 is 10.1 Å². The van der Waals surface area contributed by atoms with Gasteiger partial charge in [-0.25, -0.2) is 12.8 Å². The number of hydrogen-bond donors (Lipinski definition) is 2. The molecule has 0 aliphatic heterocycles. The van der Waals surface area contributed by atoms with E-state index >= 15 is 0 Å². The Morgan fingerprint density at radius 2 is 1.52 bits per heavy atom. The van der Waals surface area contributed by atoms with Gasteiger partial charge in [0.25, 0.3) is 15.9 Å². The smallest absolute Gasteiger partial charge is 0.265 e. The third kappa shape index (κ3) is 5.82. The summed E-state index contributed by atoms with van der Waals surface area (Å²) in [6.07, 6.45) is -0.745. The summed E-state index contributed by atoms with van der Waals surface area (Å²) in [6, 6.07) is 16.3. The van der Waals surface area contributed by atoms with Crippen molar-refractivity contribution in [3.63, 3.8) is 0 Å². The lowest BCUT2D eigenvalue weighted by molar-refractivity contribution is -0.122. The molecule has 3 aromatic carbocycles. The van der Waals surface area contributed by atoms with Crippen molar-refractivity contribution in [2.75, 3.05) is 10.0 Å². The second kappa shape index (κ2) is 9.18. The largest absolute Gasteiger partial charge is 0.481 e. The molecular weight excluding hydrogens is 419 g/mol. The summed E-state index contributed by atoms with van der Waals surface area (Å²) in [5, 5.41) is 2.70. The lowest BCUT2D eigenvalue weighted by Gasteiger charge is -2.16. The Balaban J connectivity index is 1.63. The highest BCUT2D eigenvalue weighted by atomic mass is 32.2. The van der Waals surface area contributed by atoms with Crippen molar-refractivity contribution in [1.82, 2.24) is 0 Å². The van der Waals surface area contributed by atoms with Crippen LogP contribution in [-0.4, -0.2) is 20.4 Å². The van der Waals surface area contributed by atoms with Crippen LogP contribution in [0.2, 0.25) is 0 Å². The van der Waals surface area contributed by atoms with E-state index in [1.807, 2.05) is 26.0 Å². The van der Waals surface area contributed by atoms with Crippen molar-refractivity contribution < 1.29 is 22.3 Å². The van der Waals surface area contributed by atoms with Gasteiger partial charge in [-0.2, -0.15) is 0 Å². The molecule has 3 aromatic rings. The molecule has 1 atom stereocenters. The van der Waals surface area contributed by atoms with Crippen LogP contribution in [0.4, 0.5) is 15.8 Å². The molecule has 0 saturated carbocycles. The first-order valence-electron chi connectivity index (χ1n) is 9.57. The van der Waals surface area contributed by atoms with Crippen LogP contribution in [0.15, 0.2) is 71.6 Å². The van der Waals surface area contributed by atoms with Gasteiger partial charge in [0.2, 0.25) is 0 Å². The van der Waals surface area contributed by atoms with Crippen LogP contribution < -0.4 is 14.8 Å². The number of benzene rings is 3. The minimum Gasteiger partial charge on any atom is -0.481 e. The van der Waals surface area contributed by atoms with Crippen LogP contribution in [-0.2, 0) is 14.8 Å². The number of nitrogens with one attached hydrogen (secondary N) is 2. The molecule has 0 fully saturated rings. The highest BCUT2D eigenvalue weighted by molar-refractivity contribution is 7.92. The van der Waals surface area contributed by atoms with Gasteiger partial charge in [-0.1, -0.05) is 6.07 Å². The monoisotopic (exact) mass is 442 g/mol. The fourth-order valence-corrected chi connectivity index (χ4v) is 3.80. The standard InChI is InChI=1S/C23H23FN2O4S/c1-15-4-11-21(14-16(15)2)30-17(3)23(27)25-19-9-12-22(13-10-19)31(28,29)26-20-7-5-18(24)6-8-20/h4-14,17,26H,1-3H3,(H,25,27)/t17-/m0/s1. The molecule has 31 heavy (non-hydrogen) atoms. The molecule has 162 valence electrons. The van der Waals surface area contributed by atoms with E-state index in [1.54, 1.807) is 13.0 Å². The highest BCUT2D eigenvalue weighted by Crippen LogP contribution is 2.20. The Labute approximate surface area is 181 Å². The molecule has 0 bridgehead atoms. The second-order valence-electron chi connectivity index (χ2n) is 7.13. The summed E-state index contributed by atoms with van der Waals surface area (Å²) in [5.74, 6) is -0.226. The number of hydrogen-bond acceptors (Lipinski definition) is 4. The average molecular weight is 443 g/mol. The summed E-state index contributed by atoms with van der Waals surface area (Å²) in [6.45, 7) is 5.59. The van der Waals surface area contributed by atoms with Crippen molar-refractivity contribution in [1.29, 1.82) is 0 Å². The maximum atomic E-state index is 13.0. The summed E-state index contributed by atoms with van der Waals surface area (Å²) < 4.78 is 46.0. The molecule has 0 saturated heterocycles. The Bertz CT molecular complexity index is 1180. The normalized spacial score (nSPS) is 12.1. The molecule has 0 aliphatic rings. The molecule has 8 heteroatoms. The average Bonchev–Trinajstić information content (AvgIpc) is 2.72. The first kappa shape index (κ1) is 22.3. The Morgan fingerprint density at radius 1 is 0.903 bits per heavy atom. The topological polar surface area (TPSA) is 84.5 Å². The van der Waals surface area contributed by atoms with Crippen LogP contribution in [0.1, 0.15) is 18.1 Å². The fourth-order valence-electron chi connectivity index (χ4n) is 2.74. The first-order chi connectivity index (χ1) is 14.6. The predicted octanol–water partition coefficient (Wildman–Crippen LogP) is 4.65. The van der Waals surface area contributed by atoms with Crippen LogP contribution in [0, 0.1) is 19.7 Å². The van der Waals surface area contributed by atoms with Gasteiger partial charge >= 0.3 is 0 Å². The third-order valence-electron chi connectivity index (χ3n) is 4.69. The second-order valence-corrected chi connectivity index (χ2v) is 8.81. The van der Waals surface area contributed by atoms with E-state index in [4.69, 9.17) is 4.74 Å². The van der Waals surface area contributed by atoms with Gasteiger partial charge in [-0.3, -0.25) is 9.52 Å². The number of aryl methyl sites for hydroxylation is 2. The molecule has 0 aliphatic carbocycles. The lowest BCUT2D eigenvalue weighted by Crippen LogP contribution is -2.30. The van der Waals surface area contributed by atoms with Gasteiger partial charge in [0.1, 0.15) is 11.6 Å². The summed E-state index contributed by atoms with van der Waals surface area (Å²) in [4.78, 5) is 12.4. The van der Waals surface area contributed by atoms with Crippen molar-refractivity contribution in [3.05, 3.63) is 83.7 Å². The molecule has 0 spiro atoms. The zero-order valence-electron chi connectivity index (χ0n) is 17.3. The number of carbonyl (C=O) groups is 1. The van der Waals surface area contributed by atoms with E-state index in [0.717, 1.165) is 23.3 Å². The molecule has 0 unspecified atom stereocenters. The third-order valence-corrected chi connectivity index (χ3v) is 6.09. The molecule has 0 aromatic heterocycles. The number of amides is 1. The zero-order valence-corrected chi connectivity index (χ0v) is 18.2. The van der Waals surface area contributed by atoms with Gasteiger partial charge in [0.15, 0.2) is 6.10 Å². The number of anilines is 2. The Morgan fingerprint density at radius 3 is 2.13 bits per heavy atom. The van der Waals surface area contributed by atoms with Crippen molar-refractivity contribution in [2.45, 2.75) is 31.8 Å². The van der Waals surface area contributed by atoms with Crippen LogP contribution in [0.3, 0.4) is 0 Å². The summed E-state index contributed by atoms with van der Waals surface area (Å²) in [7, 11) is -3.85. The van der Waals surface area contributed by atoms with E-state index in [0.29, 0.717) is 11.4 Å². The number of halogens is 1.